The summed E-state index contributed by atoms with van der Waals surface area (Å²) in [5.74, 6) is 3.65. The molecule has 1 fully saturated rings. The fourth-order valence-corrected chi connectivity index (χ4v) is 2.79. The van der Waals surface area contributed by atoms with Crippen LogP contribution in [0.5, 0.6) is 0 Å². The van der Waals surface area contributed by atoms with Crippen LogP contribution in [0.15, 0.2) is 24.5 Å². The third-order valence-corrected chi connectivity index (χ3v) is 3.39. The van der Waals surface area contributed by atoms with Crippen LogP contribution >= 0.6 is 11.8 Å². The zero-order chi connectivity index (χ0) is 7.52. The Balaban J connectivity index is 1.90. The van der Waals surface area contributed by atoms with Gasteiger partial charge in [-0.2, -0.15) is 11.8 Å². The first-order valence-electron chi connectivity index (χ1n) is 4.13. The van der Waals surface area contributed by atoms with E-state index in [4.69, 9.17) is 0 Å². The maximum atomic E-state index is 2.29. The molecule has 0 N–H and O–H groups in total. The Morgan fingerprint density at radius 3 is 2.82 bits per heavy atom. The summed E-state index contributed by atoms with van der Waals surface area (Å²) in [5, 5.41) is 0. The Kier molecular flexibility index (Phi) is 2.22. The van der Waals surface area contributed by atoms with E-state index in [0.29, 0.717) is 0 Å². The van der Waals surface area contributed by atoms with Crippen molar-refractivity contribution in [2.75, 3.05) is 11.5 Å². The van der Waals surface area contributed by atoms with Crippen molar-refractivity contribution in [1.29, 1.82) is 0 Å². The van der Waals surface area contributed by atoms with Crippen molar-refractivity contribution in [3.8, 4) is 0 Å². The molecule has 0 spiro atoms. The Morgan fingerprint density at radius 1 is 1.36 bits per heavy atom. The molecule has 1 nitrogen and oxygen atoms in total. The van der Waals surface area contributed by atoms with Gasteiger partial charge >= 0.3 is 0 Å². The summed E-state index contributed by atoms with van der Waals surface area (Å²) in [4.78, 5) is 0. The molecule has 1 aliphatic heterocycles. The molecule has 1 atom stereocenters. The van der Waals surface area contributed by atoms with Gasteiger partial charge in [-0.3, -0.25) is 0 Å². The third kappa shape index (κ3) is 1.80. The van der Waals surface area contributed by atoms with Crippen molar-refractivity contribution in [3.63, 3.8) is 0 Å². The van der Waals surface area contributed by atoms with E-state index in [9.17, 15) is 0 Å². The molecule has 0 aromatic carbocycles. The van der Waals surface area contributed by atoms with E-state index in [-0.39, 0.29) is 0 Å². The number of hydrogen-bond donors (Lipinski definition) is 0. The molecule has 60 valence electrons. The molecule has 0 aliphatic carbocycles. The van der Waals surface area contributed by atoms with Crippen LogP contribution in [0.2, 0.25) is 0 Å². The molecule has 11 heavy (non-hydrogen) atoms. The lowest BCUT2D eigenvalue weighted by Crippen LogP contribution is -2.07. The van der Waals surface area contributed by atoms with Crippen LogP contribution in [-0.4, -0.2) is 16.1 Å². The van der Waals surface area contributed by atoms with E-state index in [1.54, 1.807) is 0 Å². The number of rotatable bonds is 2. The zero-order valence-corrected chi connectivity index (χ0v) is 7.39. The smallest absolute Gasteiger partial charge is 0.0256 e. The van der Waals surface area contributed by atoms with E-state index in [0.717, 1.165) is 5.92 Å². The molecule has 1 aromatic rings. The normalized spacial score (nSPS) is 24.2. The largest absolute Gasteiger partial charge is 0.354 e. The van der Waals surface area contributed by atoms with E-state index in [2.05, 4.69) is 40.9 Å². The molecule has 1 aromatic heterocycles. The minimum Gasteiger partial charge on any atom is -0.354 e. The van der Waals surface area contributed by atoms with Crippen LogP contribution < -0.4 is 0 Å². The highest BCUT2D eigenvalue weighted by Gasteiger charge is 2.14. The van der Waals surface area contributed by atoms with Gasteiger partial charge in [0.2, 0.25) is 0 Å². The van der Waals surface area contributed by atoms with Crippen LogP contribution in [0, 0.1) is 5.92 Å². The first-order chi connectivity index (χ1) is 5.45. The predicted molar refractivity (Wildman–Crippen MR) is 49.9 cm³/mol. The Labute approximate surface area is 71.8 Å². The molecule has 1 aliphatic rings. The van der Waals surface area contributed by atoms with Gasteiger partial charge in [0, 0.05) is 18.9 Å². The first-order valence-corrected chi connectivity index (χ1v) is 5.29. The van der Waals surface area contributed by atoms with E-state index >= 15 is 0 Å². The summed E-state index contributed by atoms with van der Waals surface area (Å²) in [6, 6.07) is 4.20. The average molecular weight is 167 g/mol. The quantitative estimate of drug-likeness (QED) is 0.654. The highest BCUT2D eigenvalue weighted by atomic mass is 32.2. The lowest BCUT2D eigenvalue weighted by molar-refractivity contribution is 0.494. The molecule has 0 bridgehead atoms. The fourth-order valence-electron chi connectivity index (χ4n) is 1.52. The third-order valence-electron chi connectivity index (χ3n) is 2.16. The molecular formula is C9H13NS. The van der Waals surface area contributed by atoms with E-state index in [1.165, 1.54) is 24.5 Å². The molecule has 2 heteroatoms. The van der Waals surface area contributed by atoms with Crippen LogP contribution in [0.4, 0.5) is 0 Å². The van der Waals surface area contributed by atoms with Gasteiger partial charge in [-0.1, -0.05) is 0 Å². The van der Waals surface area contributed by atoms with E-state index < -0.39 is 0 Å². The molecule has 2 heterocycles. The molecular weight excluding hydrogens is 154 g/mol. The lowest BCUT2D eigenvalue weighted by Gasteiger charge is -2.08. The first kappa shape index (κ1) is 7.29. The van der Waals surface area contributed by atoms with Gasteiger partial charge in [0.15, 0.2) is 0 Å². The molecule has 2 rings (SSSR count). The molecule has 0 radical (unpaired) electrons. The summed E-state index contributed by atoms with van der Waals surface area (Å²) >= 11 is 2.09. The SMILES string of the molecule is c1ccn(CC2CCSC2)c1. The number of aromatic nitrogens is 1. The van der Waals surface area contributed by atoms with Gasteiger partial charge < -0.3 is 4.57 Å². The molecule has 0 amide bonds. The van der Waals surface area contributed by atoms with Crippen molar-refractivity contribution in [3.05, 3.63) is 24.5 Å². The topological polar surface area (TPSA) is 4.93 Å². The highest BCUT2D eigenvalue weighted by molar-refractivity contribution is 7.99. The van der Waals surface area contributed by atoms with Gasteiger partial charge in [-0.15, -0.1) is 0 Å². The number of hydrogen-bond acceptors (Lipinski definition) is 1. The average Bonchev–Trinajstić information content (AvgIpc) is 2.60. The second-order valence-corrected chi connectivity index (χ2v) is 4.26. The van der Waals surface area contributed by atoms with Crippen molar-refractivity contribution < 1.29 is 0 Å². The summed E-state index contributed by atoms with van der Waals surface area (Å²) in [5.41, 5.74) is 0. The second kappa shape index (κ2) is 3.35. The number of thioether (sulfide) groups is 1. The van der Waals surface area contributed by atoms with Crippen molar-refractivity contribution >= 4 is 11.8 Å². The predicted octanol–water partition coefficient (Wildman–Crippen LogP) is 2.24. The summed E-state index contributed by atoms with van der Waals surface area (Å²) in [7, 11) is 0. The number of nitrogens with zero attached hydrogens (tertiary/aromatic N) is 1. The van der Waals surface area contributed by atoms with Crippen LogP contribution in [0.1, 0.15) is 6.42 Å². The molecule has 1 unspecified atom stereocenters. The van der Waals surface area contributed by atoms with Gasteiger partial charge in [0.25, 0.3) is 0 Å². The Morgan fingerprint density at radius 2 is 2.18 bits per heavy atom. The van der Waals surface area contributed by atoms with Gasteiger partial charge in [0.1, 0.15) is 0 Å². The van der Waals surface area contributed by atoms with Crippen LogP contribution in [-0.2, 0) is 6.54 Å². The second-order valence-electron chi connectivity index (χ2n) is 3.11. The zero-order valence-electron chi connectivity index (χ0n) is 6.57. The fraction of sp³-hybridized carbons (Fsp3) is 0.556. The lowest BCUT2D eigenvalue weighted by atomic mass is 10.1. The monoisotopic (exact) mass is 167 g/mol. The minimum absolute atomic E-state index is 0.924. The van der Waals surface area contributed by atoms with Crippen molar-refractivity contribution in [2.45, 2.75) is 13.0 Å². The standard InChI is InChI=1S/C9H13NS/c1-2-5-10(4-1)7-9-3-6-11-8-9/h1-2,4-5,9H,3,6-8H2. The summed E-state index contributed by atoms with van der Waals surface area (Å²) < 4.78 is 2.29. The van der Waals surface area contributed by atoms with Gasteiger partial charge in [-0.25, -0.2) is 0 Å². The molecule has 1 saturated heterocycles. The van der Waals surface area contributed by atoms with Crippen molar-refractivity contribution in [1.82, 2.24) is 4.57 Å². The minimum atomic E-state index is 0.924. The van der Waals surface area contributed by atoms with Crippen molar-refractivity contribution in [2.24, 2.45) is 5.92 Å². The van der Waals surface area contributed by atoms with Gasteiger partial charge in [-0.05, 0) is 36.0 Å². The maximum Gasteiger partial charge on any atom is 0.0256 e. The highest BCUT2D eigenvalue weighted by Crippen LogP contribution is 2.24. The summed E-state index contributed by atoms with van der Waals surface area (Å²) in [6.45, 7) is 1.22. The summed E-state index contributed by atoms with van der Waals surface area (Å²) in [6.07, 6.45) is 5.72. The Bertz CT molecular complexity index is 199. The Hall–Kier alpha value is -0.370. The molecule has 0 saturated carbocycles. The van der Waals surface area contributed by atoms with Crippen LogP contribution in [0.3, 0.4) is 0 Å². The van der Waals surface area contributed by atoms with Gasteiger partial charge in [0.05, 0.1) is 0 Å². The van der Waals surface area contributed by atoms with Crippen LogP contribution in [0.25, 0.3) is 0 Å². The van der Waals surface area contributed by atoms with E-state index in [1.807, 2.05) is 0 Å². The maximum absolute atomic E-state index is 2.29.